The Labute approximate surface area is 649 Å². The zero-order valence-corrected chi connectivity index (χ0v) is 66.0. The molecule has 0 saturated carbocycles. The third-order valence-electron chi connectivity index (χ3n) is 16.9. The quantitative estimate of drug-likeness (QED) is 0.0262. The van der Waals surface area contributed by atoms with E-state index < -0.39 is 41.7 Å². The monoisotopic (exact) mass is 1570 g/mol. The van der Waals surface area contributed by atoms with E-state index in [-0.39, 0.29) is 26.4 Å². The largest absolute Gasteiger partial charge is 0.466 e. The van der Waals surface area contributed by atoms with Gasteiger partial charge >= 0.3 is 5.97 Å². The zero-order chi connectivity index (χ0) is 72.8. The summed E-state index contributed by atoms with van der Waals surface area (Å²) in [6, 6.07) is 147. The Hall–Kier alpha value is -9.16. The van der Waals surface area contributed by atoms with E-state index in [4.69, 9.17) is 4.74 Å². The molecular weight excluding hydrogens is 1480 g/mol. The Bertz CT molecular complexity index is 3930. The van der Waals surface area contributed by atoms with Crippen LogP contribution in [-0.2, 0) is 46.5 Å². The van der Waals surface area contributed by atoms with Crippen molar-refractivity contribution < 1.29 is 38.4 Å². The first-order valence-electron chi connectivity index (χ1n) is 35.8. The SMILES string of the molecule is CCOC(=O)CCCCCCN(Cc1ccc(-c2ccccc2)cc1)S(C)(=O)=O.[Pd].c1ccc(P(c2ccccc2)c2ccccc2)cc1.c1ccc(P(c2ccccc2)c2ccccc2)cc1.c1ccc(P(c2ccccc2)c2ccccc2)cc1.c1ccc(P(c2ccccc2)c2ccccc2)cc1. The second-order valence-electron chi connectivity index (χ2n) is 24.5. The predicted octanol–water partition coefficient (Wildman–Crippen LogP) is 18.4. The number of benzene rings is 14. The number of rotatable bonds is 24. The average Bonchev–Trinajstić information content (AvgIpc) is 0.836. The fourth-order valence-electron chi connectivity index (χ4n) is 11.9. The van der Waals surface area contributed by atoms with Crippen LogP contribution in [0.3, 0.4) is 0 Å². The fraction of sp³-hybridized carbons (Fsp3) is 0.105. The Morgan fingerprint density at radius 3 is 0.689 bits per heavy atom. The van der Waals surface area contributed by atoms with E-state index in [0.717, 1.165) is 42.4 Å². The maximum absolute atomic E-state index is 12.2. The van der Waals surface area contributed by atoms with Crippen LogP contribution in [0, 0.1) is 0 Å². The number of carbonyl (C=O) groups excluding carboxylic acids is 1. The molecule has 14 aromatic carbocycles. The summed E-state index contributed by atoms with van der Waals surface area (Å²) in [6.07, 6.45) is 5.01. The van der Waals surface area contributed by atoms with Gasteiger partial charge < -0.3 is 4.74 Å². The molecule has 0 fully saturated rings. The van der Waals surface area contributed by atoms with Gasteiger partial charge in [0.05, 0.1) is 12.9 Å². The van der Waals surface area contributed by atoms with Gasteiger partial charge in [-0.2, -0.15) is 4.31 Å². The van der Waals surface area contributed by atoms with Crippen molar-refractivity contribution in [3.8, 4) is 11.1 Å². The second-order valence-corrected chi connectivity index (χ2v) is 35.4. The topological polar surface area (TPSA) is 63.7 Å². The number of hydrogen-bond acceptors (Lipinski definition) is 4. The Kier molecular flexibility index (Phi) is 34.6. The van der Waals surface area contributed by atoms with Crippen LogP contribution in [0.5, 0.6) is 0 Å². The number of esters is 1. The molecule has 106 heavy (non-hydrogen) atoms. The predicted molar refractivity (Wildman–Crippen MR) is 457 cm³/mol. The summed E-state index contributed by atoms with van der Waals surface area (Å²) in [5.74, 6) is -0.163. The minimum atomic E-state index is -3.28. The molecule has 0 saturated heterocycles. The molecule has 0 radical (unpaired) electrons. The summed E-state index contributed by atoms with van der Waals surface area (Å²) < 4.78 is 30.8. The molecule has 0 amide bonds. The molecule has 0 aliphatic heterocycles. The van der Waals surface area contributed by atoms with Gasteiger partial charge in [-0.15, -0.1) is 0 Å². The van der Waals surface area contributed by atoms with E-state index in [1.165, 1.54) is 74.2 Å². The Morgan fingerprint density at radius 1 is 0.283 bits per heavy atom. The zero-order valence-electron chi connectivity index (χ0n) is 60.1. The molecule has 0 bridgehead atoms. The summed E-state index contributed by atoms with van der Waals surface area (Å²) >= 11 is 0. The molecule has 11 heteroatoms. The summed E-state index contributed by atoms with van der Waals surface area (Å²) in [7, 11) is -5.06. The van der Waals surface area contributed by atoms with Crippen LogP contribution in [0.25, 0.3) is 11.1 Å². The number of unbranched alkanes of at least 4 members (excludes halogenated alkanes) is 3. The van der Waals surface area contributed by atoms with Crippen molar-refractivity contribution in [1.29, 1.82) is 0 Å². The number of sulfonamides is 1. The Morgan fingerprint density at radius 2 is 0.481 bits per heavy atom. The van der Waals surface area contributed by atoms with Crippen molar-refractivity contribution in [2.45, 2.75) is 45.6 Å². The maximum atomic E-state index is 12.2. The summed E-state index contributed by atoms with van der Waals surface area (Å²) in [5, 5.41) is 16.8. The van der Waals surface area contributed by atoms with Crippen LogP contribution in [0.2, 0.25) is 0 Å². The van der Waals surface area contributed by atoms with Crippen LogP contribution in [0.1, 0.15) is 44.6 Å². The van der Waals surface area contributed by atoms with Crippen molar-refractivity contribution in [3.63, 3.8) is 0 Å². The number of ether oxygens (including phenoxy) is 1. The molecule has 14 aromatic rings. The molecule has 14 rings (SSSR count). The first-order chi connectivity index (χ1) is 51.7. The molecule has 5 nitrogen and oxygen atoms in total. The van der Waals surface area contributed by atoms with Crippen molar-refractivity contribution >= 4 is 111 Å². The van der Waals surface area contributed by atoms with Crippen LogP contribution in [0.4, 0.5) is 0 Å². The first kappa shape index (κ1) is 80.9. The van der Waals surface area contributed by atoms with Gasteiger partial charge in [0.1, 0.15) is 0 Å². The minimum Gasteiger partial charge on any atom is -0.466 e. The second kappa shape index (κ2) is 45.4. The van der Waals surface area contributed by atoms with Crippen LogP contribution >= 0.6 is 31.7 Å². The summed E-state index contributed by atoms with van der Waals surface area (Å²) in [6.45, 7) is 3.07. The van der Waals surface area contributed by atoms with Gasteiger partial charge in [0.2, 0.25) is 10.0 Å². The van der Waals surface area contributed by atoms with Crippen LogP contribution < -0.4 is 63.7 Å². The molecule has 0 N–H and O–H groups in total. The maximum Gasteiger partial charge on any atom is 0.305 e. The molecule has 0 aliphatic carbocycles. The molecule has 0 aromatic heterocycles. The minimum absolute atomic E-state index is 0. The molecule has 0 heterocycles. The molecule has 0 aliphatic rings. The standard InChI is InChI=1S/C23H31NO4S.4C18H15P.Pd/c1-3-28-23(25)13-9-4-5-10-18-24(29(2,26)27)19-20-14-16-22(17-15-20)21-11-7-6-8-12-21;4*1-4-10-16(11-5-1)19(17-12-6-2-7-13-17)18-14-8-3-9-15-18;/h6-8,11-12,14-17H,3-5,9-10,13,18-19H2,1-2H3;4*1-15H;. The first-order valence-corrected chi connectivity index (χ1v) is 43.0. The molecule has 536 valence electrons. The fourth-order valence-corrected chi connectivity index (χ4v) is 21.9. The van der Waals surface area contributed by atoms with E-state index >= 15 is 0 Å². The van der Waals surface area contributed by atoms with Gasteiger partial charge in [0.15, 0.2) is 0 Å². The van der Waals surface area contributed by atoms with Gasteiger partial charge in [-0.25, -0.2) is 8.42 Å². The van der Waals surface area contributed by atoms with Gasteiger partial charge in [-0.1, -0.05) is 431 Å². The molecule has 0 spiro atoms. The van der Waals surface area contributed by atoms with Gasteiger partial charge in [0.25, 0.3) is 0 Å². The van der Waals surface area contributed by atoms with Gasteiger partial charge in [-0.3, -0.25) is 4.79 Å². The van der Waals surface area contributed by atoms with Crippen LogP contribution in [0.15, 0.2) is 419 Å². The van der Waals surface area contributed by atoms with Crippen molar-refractivity contribution in [3.05, 3.63) is 424 Å². The van der Waals surface area contributed by atoms with Crippen molar-refractivity contribution in [2.24, 2.45) is 0 Å². The van der Waals surface area contributed by atoms with Gasteiger partial charge in [-0.05, 0) is 132 Å². The summed E-state index contributed by atoms with van der Waals surface area (Å²) in [5.41, 5.74) is 3.22. The number of carbonyl (C=O) groups is 1. The third-order valence-corrected chi connectivity index (χ3v) is 27.9. The van der Waals surface area contributed by atoms with E-state index in [0.29, 0.717) is 26.1 Å². The number of hydrogen-bond donors (Lipinski definition) is 0. The van der Waals surface area contributed by atoms with Crippen molar-refractivity contribution in [2.75, 3.05) is 19.4 Å². The third kappa shape index (κ3) is 26.1. The van der Waals surface area contributed by atoms with Crippen LogP contribution in [-0.4, -0.2) is 38.1 Å². The summed E-state index contributed by atoms with van der Waals surface area (Å²) in [4.78, 5) is 11.3. The smallest absolute Gasteiger partial charge is 0.305 e. The van der Waals surface area contributed by atoms with E-state index in [2.05, 4.69) is 376 Å². The molecule has 0 unspecified atom stereocenters. The molecule has 0 atom stereocenters. The van der Waals surface area contributed by atoms with Crippen molar-refractivity contribution in [1.82, 2.24) is 4.31 Å². The van der Waals surface area contributed by atoms with E-state index in [1.54, 1.807) is 6.92 Å². The van der Waals surface area contributed by atoms with E-state index in [1.807, 2.05) is 42.5 Å². The number of nitrogens with zero attached hydrogens (tertiary/aromatic N) is 1. The Balaban J connectivity index is 0.000000154. The normalized spacial score (nSPS) is 10.7. The van der Waals surface area contributed by atoms with E-state index in [9.17, 15) is 13.2 Å². The average molecular weight is 1570 g/mol. The van der Waals surface area contributed by atoms with Gasteiger partial charge in [0, 0.05) is 39.9 Å². The molecular formula is C95H91NO4P4PdS.